The Morgan fingerprint density at radius 3 is 2.74 bits per heavy atom. The summed E-state index contributed by atoms with van der Waals surface area (Å²) >= 11 is 6.03. The Morgan fingerprint density at radius 1 is 1.24 bits per heavy atom. The van der Waals surface area contributed by atoms with E-state index in [1.54, 1.807) is 14.2 Å². The largest absolute Gasteiger partial charge is 0.497 e. The second kappa shape index (κ2) is 11.9. The van der Waals surface area contributed by atoms with Crippen LogP contribution in [0.3, 0.4) is 0 Å². The minimum Gasteiger partial charge on any atom is -0.497 e. The minimum atomic E-state index is -0.399. The summed E-state index contributed by atoms with van der Waals surface area (Å²) in [6.07, 6.45) is 0.248. The molecule has 1 aromatic carbocycles. The summed E-state index contributed by atoms with van der Waals surface area (Å²) in [6.45, 7) is 1.32. The number of nitrogens with zero attached hydrogens (tertiary/aromatic N) is 2. The fraction of sp³-hybridized carbons (Fsp3) is 0.435. The Labute approximate surface area is 203 Å². The monoisotopic (exact) mass is 492 g/mol. The molecular weight excluding hydrogens is 464 g/mol. The number of pyridine rings is 1. The molecule has 0 spiro atoms. The number of ether oxygens (including phenoxy) is 4. The van der Waals surface area contributed by atoms with Crippen LogP contribution in [-0.2, 0) is 20.9 Å². The van der Waals surface area contributed by atoms with Crippen LogP contribution in [-0.4, -0.2) is 74.9 Å². The number of aromatic nitrogens is 1. The first-order chi connectivity index (χ1) is 16.3. The van der Waals surface area contributed by atoms with E-state index in [1.165, 1.54) is 13.2 Å². The standard InChI is InChI=1S/C23H29ClN4O6/c1-31-15-6-4-5-14(9-15)13-34-20(29)12-28-8-7-18(19(11-28)32-2)26-22(30)16-10-17(24)21(25)27-23(16)33-3/h4-6,9-10,18-19H,7-8,11-13H2,1-3H3,(H2,25,27)(H,26,30)/t18-,19+/m0/s1. The predicted octanol–water partition coefficient (Wildman–Crippen LogP) is 1.90. The summed E-state index contributed by atoms with van der Waals surface area (Å²) in [5.74, 6) is 0.133. The number of benzene rings is 1. The molecule has 1 saturated heterocycles. The first-order valence-corrected chi connectivity index (χ1v) is 11.1. The zero-order chi connectivity index (χ0) is 24.7. The van der Waals surface area contributed by atoms with Crippen molar-refractivity contribution in [2.24, 2.45) is 0 Å². The average molecular weight is 493 g/mol. The van der Waals surface area contributed by atoms with E-state index in [0.717, 1.165) is 5.56 Å². The molecule has 0 radical (unpaired) electrons. The van der Waals surface area contributed by atoms with Gasteiger partial charge in [-0.2, -0.15) is 4.98 Å². The first-order valence-electron chi connectivity index (χ1n) is 10.7. The Bertz CT molecular complexity index is 1020. The third kappa shape index (κ3) is 6.49. The number of rotatable bonds is 9. The fourth-order valence-corrected chi connectivity index (χ4v) is 3.88. The van der Waals surface area contributed by atoms with Gasteiger partial charge in [0.05, 0.1) is 37.9 Å². The van der Waals surface area contributed by atoms with Gasteiger partial charge in [0.2, 0.25) is 5.88 Å². The van der Waals surface area contributed by atoms with Crippen molar-refractivity contribution in [2.45, 2.75) is 25.2 Å². The second-order valence-corrected chi connectivity index (χ2v) is 8.21. The van der Waals surface area contributed by atoms with Crippen molar-refractivity contribution >= 4 is 29.3 Å². The summed E-state index contributed by atoms with van der Waals surface area (Å²) in [5.41, 5.74) is 6.72. The maximum absolute atomic E-state index is 12.9. The molecule has 3 rings (SSSR count). The second-order valence-electron chi connectivity index (χ2n) is 7.80. The predicted molar refractivity (Wildman–Crippen MR) is 126 cm³/mol. The number of hydrogen-bond donors (Lipinski definition) is 2. The van der Waals surface area contributed by atoms with E-state index in [1.807, 2.05) is 29.2 Å². The van der Waals surface area contributed by atoms with E-state index in [0.29, 0.717) is 25.3 Å². The lowest BCUT2D eigenvalue weighted by Gasteiger charge is -2.37. The van der Waals surface area contributed by atoms with E-state index in [2.05, 4.69) is 10.3 Å². The van der Waals surface area contributed by atoms with Crippen molar-refractivity contribution in [3.05, 3.63) is 46.5 Å². The molecule has 3 N–H and O–H groups in total. The van der Waals surface area contributed by atoms with Crippen LogP contribution in [0.25, 0.3) is 0 Å². The molecule has 1 fully saturated rings. The third-order valence-corrected chi connectivity index (χ3v) is 5.86. The van der Waals surface area contributed by atoms with Crippen LogP contribution < -0.4 is 20.5 Å². The number of nitrogens with one attached hydrogen (secondary N) is 1. The zero-order valence-electron chi connectivity index (χ0n) is 19.4. The number of nitrogen functional groups attached to an aromatic ring is 1. The Morgan fingerprint density at radius 2 is 2.03 bits per heavy atom. The van der Waals surface area contributed by atoms with Crippen molar-refractivity contribution in [2.75, 3.05) is 46.7 Å². The number of halogens is 1. The summed E-state index contributed by atoms with van der Waals surface area (Å²) < 4.78 is 21.3. The number of methoxy groups -OCH3 is 3. The molecule has 1 amide bonds. The minimum absolute atomic E-state index is 0.0800. The van der Waals surface area contributed by atoms with Gasteiger partial charge in [0, 0.05) is 20.2 Å². The molecule has 1 aliphatic heterocycles. The van der Waals surface area contributed by atoms with Gasteiger partial charge in [-0.15, -0.1) is 0 Å². The van der Waals surface area contributed by atoms with E-state index >= 15 is 0 Å². The molecule has 0 unspecified atom stereocenters. The van der Waals surface area contributed by atoms with Crippen molar-refractivity contribution in [3.63, 3.8) is 0 Å². The molecule has 184 valence electrons. The topological polar surface area (TPSA) is 125 Å². The number of esters is 1. The van der Waals surface area contributed by atoms with E-state index in [4.69, 9.17) is 36.3 Å². The third-order valence-electron chi connectivity index (χ3n) is 5.56. The Balaban J connectivity index is 1.54. The van der Waals surface area contributed by atoms with Gasteiger partial charge in [-0.25, -0.2) is 0 Å². The highest BCUT2D eigenvalue weighted by Crippen LogP contribution is 2.25. The number of likely N-dealkylation sites (tertiary alicyclic amines) is 1. The van der Waals surface area contributed by atoms with Crippen LogP contribution in [0, 0.1) is 0 Å². The Hall–Kier alpha value is -3.08. The molecular formula is C23H29ClN4O6. The summed E-state index contributed by atoms with van der Waals surface area (Å²) in [5, 5.41) is 3.11. The lowest BCUT2D eigenvalue weighted by atomic mass is 10.0. The van der Waals surface area contributed by atoms with Gasteiger partial charge in [-0.3, -0.25) is 14.5 Å². The van der Waals surface area contributed by atoms with E-state index in [-0.39, 0.29) is 53.6 Å². The molecule has 11 heteroatoms. The maximum Gasteiger partial charge on any atom is 0.320 e. The number of hydrogen-bond acceptors (Lipinski definition) is 9. The lowest BCUT2D eigenvalue weighted by Crippen LogP contribution is -2.55. The maximum atomic E-state index is 12.9. The highest BCUT2D eigenvalue weighted by atomic mass is 35.5. The summed E-state index contributed by atoms with van der Waals surface area (Å²) in [6, 6.07) is 8.50. The molecule has 0 saturated carbocycles. The number of anilines is 1. The van der Waals surface area contributed by atoms with Gasteiger partial charge in [0.25, 0.3) is 5.91 Å². The number of carbonyl (C=O) groups is 2. The van der Waals surface area contributed by atoms with E-state index < -0.39 is 5.91 Å². The van der Waals surface area contributed by atoms with Crippen molar-refractivity contribution < 1.29 is 28.5 Å². The average Bonchev–Trinajstić information content (AvgIpc) is 2.85. The highest BCUT2D eigenvalue weighted by molar-refractivity contribution is 6.33. The van der Waals surface area contributed by atoms with Gasteiger partial charge in [0.15, 0.2) is 0 Å². The number of nitrogens with two attached hydrogens (primary N) is 1. The van der Waals surface area contributed by atoms with E-state index in [9.17, 15) is 9.59 Å². The van der Waals surface area contributed by atoms with Crippen molar-refractivity contribution in [1.29, 1.82) is 0 Å². The van der Waals surface area contributed by atoms with Crippen LogP contribution in [0.5, 0.6) is 11.6 Å². The quantitative estimate of drug-likeness (QED) is 0.505. The van der Waals surface area contributed by atoms with Crippen LogP contribution in [0.4, 0.5) is 5.82 Å². The highest BCUT2D eigenvalue weighted by Gasteiger charge is 2.32. The molecule has 1 aliphatic rings. The molecule has 2 atom stereocenters. The van der Waals surface area contributed by atoms with Crippen molar-refractivity contribution in [3.8, 4) is 11.6 Å². The van der Waals surface area contributed by atoms with Crippen LogP contribution in [0.2, 0.25) is 5.02 Å². The zero-order valence-corrected chi connectivity index (χ0v) is 20.1. The molecule has 1 aromatic heterocycles. The SMILES string of the molecule is COc1cccc(COC(=O)CN2CC[C@H](NC(=O)c3cc(Cl)c(N)nc3OC)[C@H](OC)C2)c1. The molecule has 34 heavy (non-hydrogen) atoms. The summed E-state index contributed by atoms with van der Waals surface area (Å²) in [4.78, 5) is 31.2. The van der Waals surface area contributed by atoms with Crippen LogP contribution in [0.15, 0.2) is 30.3 Å². The lowest BCUT2D eigenvalue weighted by molar-refractivity contribution is -0.147. The van der Waals surface area contributed by atoms with Gasteiger partial charge in [-0.05, 0) is 30.2 Å². The Kier molecular flexibility index (Phi) is 8.91. The summed E-state index contributed by atoms with van der Waals surface area (Å²) in [7, 11) is 4.55. The van der Waals surface area contributed by atoms with Crippen LogP contribution in [0.1, 0.15) is 22.3 Å². The van der Waals surface area contributed by atoms with Gasteiger partial charge in [0.1, 0.15) is 23.7 Å². The fourth-order valence-electron chi connectivity index (χ4n) is 3.73. The smallest absolute Gasteiger partial charge is 0.320 e. The van der Waals surface area contributed by atoms with Crippen LogP contribution >= 0.6 is 11.6 Å². The van der Waals surface area contributed by atoms with Crippen molar-refractivity contribution in [1.82, 2.24) is 15.2 Å². The molecule has 0 aliphatic carbocycles. The van der Waals surface area contributed by atoms with Gasteiger partial charge < -0.3 is 30.0 Å². The molecule has 10 nitrogen and oxygen atoms in total. The first kappa shape index (κ1) is 25.5. The number of amides is 1. The molecule has 2 aromatic rings. The van der Waals surface area contributed by atoms with Gasteiger partial charge >= 0.3 is 5.97 Å². The number of piperidine rings is 1. The molecule has 2 heterocycles. The normalized spacial score (nSPS) is 18.2. The van der Waals surface area contributed by atoms with Gasteiger partial charge in [-0.1, -0.05) is 23.7 Å². The molecule has 0 bridgehead atoms. The number of carbonyl (C=O) groups excluding carboxylic acids is 2.